The zero-order valence-corrected chi connectivity index (χ0v) is 14.5. The van der Waals surface area contributed by atoms with Crippen molar-refractivity contribution in [3.05, 3.63) is 65.7 Å². The van der Waals surface area contributed by atoms with Gasteiger partial charge in [0.2, 0.25) is 0 Å². The quantitative estimate of drug-likeness (QED) is 0.821. The van der Waals surface area contributed by atoms with Gasteiger partial charge in [-0.3, -0.25) is 9.69 Å². The minimum Gasteiger partial charge on any atom is -0.492 e. The average molecular weight is 360 g/mol. The smallest absolute Gasteiger partial charge is 0.254 e. The molecule has 1 aliphatic rings. The predicted molar refractivity (Wildman–Crippen MR) is 95.3 cm³/mol. The molecule has 0 spiro atoms. The van der Waals surface area contributed by atoms with Gasteiger partial charge >= 0.3 is 0 Å². The molecule has 1 saturated heterocycles. The van der Waals surface area contributed by atoms with E-state index >= 15 is 0 Å². The molecule has 0 saturated carbocycles. The number of nitrogens with zero attached hydrogens (tertiary/aromatic N) is 2. The Balaban J connectivity index is 1.48. The average Bonchev–Trinajstić information content (AvgIpc) is 2.87. The van der Waals surface area contributed by atoms with Gasteiger partial charge in [-0.25, -0.2) is 8.78 Å². The topological polar surface area (TPSA) is 32.8 Å². The Morgan fingerprint density at radius 1 is 0.962 bits per heavy atom. The lowest BCUT2D eigenvalue weighted by molar-refractivity contribution is 0.0760. The van der Waals surface area contributed by atoms with Crippen molar-refractivity contribution in [2.24, 2.45) is 0 Å². The molecule has 0 unspecified atom stereocenters. The van der Waals surface area contributed by atoms with Gasteiger partial charge < -0.3 is 9.64 Å². The summed E-state index contributed by atoms with van der Waals surface area (Å²) in [6, 6.07) is 11.9. The number of amides is 1. The monoisotopic (exact) mass is 360 g/mol. The van der Waals surface area contributed by atoms with E-state index in [0.717, 1.165) is 19.5 Å². The molecule has 26 heavy (non-hydrogen) atoms. The van der Waals surface area contributed by atoms with Crippen LogP contribution in [-0.2, 0) is 0 Å². The van der Waals surface area contributed by atoms with Crippen molar-refractivity contribution in [1.82, 2.24) is 9.80 Å². The minimum absolute atomic E-state index is 0.137. The maximum atomic E-state index is 13.3. The van der Waals surface area contributed by atoms with E-state index in [9.17, 15) is 13.6 Å². The van der Waals surface area contributed by atoms with E-state index < -0.39 is 5.82 Å². The molecule has 1 fully saturated rings. The summed E-state index contributed by atoms with van der Waals surface area (Å²) in [5.41, 5.74) is 0.382. The highest BCUT2D eigenvalue weighted by atomic mass is 19.1. The Kier molecular flexibility index (Phi) is 6.17. The number of rotatable bonds is 5. The first-order chi connectivity index (χ1) is 12.6. The van der Waals surface area contributed by atoms with Crippen LogP contribution < -0.4 is 4.74 Å². The third-order valence-corrected chi connectivity index (χ3v) is 4.42. The van der Waals surface area contributed by atoms with Gasteiger partial charge in [-0.15, -0.1) is 0 Å². The first-order valence-corrected chi connectivity index (χ1v) is 8.77. The molecule has 2 aromatic carbocycles. The molecule has 0 aliphatic carbocycles. The van der Waals surface area contributed by atoms with Crippen molar-refractivity contribution < 1.29 is 18.3 Å². The molecule has 0 N–H and O–H groups in total. The van der Waals surface area contributed by atoms with Crippen LogP contribution >= 0.6 is 0 Å². The normalized spacial score (nSPS) is 15.5. The van der Waals surface area contributed by atoms with Gasteiger partial charge in [-0.05, 0) is 36.8 Å². The van der Waals surface area contributed by atoms with Crippen LogP contribution in [0.1, 0.15) is 16.8 Å². The summed E-state index contributed by atoms with van der Waals surface area (Å²) in [6.45, 7) is 4.00. The van der Waals surface area contributed by atoms with Crippen molar-refractivity contribution in [2.75, 3.05) is 39.3 Å². The number of carbonyl (C=O) groups excluding carboxylic acids is 1. The highest BCUT2D eigenvalue weighted by molar-refractivity contribution is 5.94. The second kappa shape index (κ2) is 8.76. The van der Waals surface area contributed by atoms with Gasteiger partial charge in [0.15, 0.2) is 0 Å². The summed E-state index contributed by atoms with van der Waals surface area (Å²) in [6.07, 6.45) is 0.848. The van der Waals surface area contributed by atoms with Gasteiger partial charge in [0.25, 0.3) is 5.91 Å². The zero-order chi connectivity index (χ0) is 18.4. The Labute approximate surface area is 152 Å². The van der Waals surface area contributed by atoms with Crippen LogP contribution in [0, 0.1) is 11.6 Å². The lowest BCUT2D eigenvalue weighted by Crippen LogP contribution is -2.36. The largest absolute Gasteiger partial charge is 0.492 e. The predicted octanol–water partition coefficient (Wildman–Crippen LogP) is 3.19. The van der Waals surface area contributed by atoms with E-state index in [1.54, 1.807) is 29.2 Å². The number of ether oxygens (including phenoxy) is 1. The summed E-state index contributed by atoms with van der Waals surface area (Å²) in [5.74, 6) is -0.337. The third-order valence-electron chi connectivity index (χ3n) is 4.42. The molecule has 138 valence electrons. The fourth-order valence-electron chi connectivity index (χ4n) is 3.05. The molecule has 3 rings (SSSR count). The van der Waals surface area contributed by atoms with Crippen LogP contribution in [0.5, 0.6) is 5.75 Å². The molecule has 1 heterocycles. The number of hydrogen-bond acceptors (Lipinski definition) is 3. The van der Waals surface area contributed by atoms with E-state index in [1.165, 1.54) is 24.3 Å². The van der Waals surface area contributed by atoms with Crippen molar-refractivity contribution in [1.29, 1.82) is 0 Å². The summed E-state index contributed by atoms with van der Waals surface area (Å²) in [5, 5.41) is 0. The van der Waals surface area contributed by atoms with Crippen LogP contribution in [-0.4, -0.2) is 55.0 Å². The molecule has 0 radical (unpaired) electrons. The van der Waals surface area contributed by atoms with Crippen LogP contribution in [0.25, 0.3) is 0 Å². The van der Waals surface area contributed by atoms with Crippen molar-refractivity contribution in [3.63, 3.8) is 0 Å². The van der Waals surface area contributed by atoms with Gasteiger partial charge in [-0.2, -0.15) is 0 Å². The van der Waals surface area contributed by atoms with Gasteiger partial charge in [0.1, 0.15) is 24.0 Å². The summed E-state index contributed by atoms with van der Waals surface area (Å²) >= 11 is 0. The summed E-state index contributed by atoms with van der Waals surface area (Å²) < 4.78 is 32.0. The number of benzene rings is 2. The maximum Gasteiger partial charge on any atom is 0.254 e. The van der Waals surface area contributed by atoms with E-state index in [1.807, 2.05) is 0 Å². The lowest BCUT2D eigenvalue weighted by atomic mass is 10.2. The Morgan fingerprint density at radius 3 is 2.50 bits per heavy atom. The van der Waals surface area contributed by atoms with Crippen molar-refractivity contribution >= 4 is 5.91 Å². The van der Waals surface area contributed by atoms with Crippen molar-refractivity contribution in [2.45, 2.75) is 6.42 Å². The van der Waals surface area contributed by atoms with Crippen LogP contribution in [0.3, 0.4) is 0 Å². The summed E-state index contributed by atoms with van der Waals surface area (Å²) in [4.78, 5) is 16.5. The van der Waals surface area contributed by atoms with E-state index in [4.69, 9.17) is 4.74 Å². The SMILES string of the molecule is O=C(c1cccc(F)c1)N1CCCN(CCOc2cccc(F)c2)CC1. The Morgan fingerprint density at radius 2 is 1.73 bits per heavy atom. The number of hydrogen-bond donors (Lipinski definition) is 0. The fraction of sp³-hybridized carbons (Fsp3) is 0.350. The highest BCUT2D eigenvalue weighted by Crippen LogP contribution is 2.13. The first kappa shape index (κ1) is 18.3. The van der Waals surface area contributed by atoms with E-state index in [-0.39, 0.29) is 11.7 Å². The zero-order valence-electron chi connectivity index (χ0n) is 14.5. The lowest BCUT2D eigenvalue weighted by Gasteiger charge is -2.22. The van der Waals surface area contributed by atoms with Gasteiger partial charge in [0, 0.05) is 44.4 Å². The molecule has 6 heteroatoms. The summed E-state index contributed by atoms with van der Waals surface area (Å²) in [7, 11) is 0. The third kappa shape index (κ3) is 5.02. The standard InChI is InChI=1S/C20H22F2N2O2/c21-17-5-1-4-16(14-17)20(25)24-9-3-8-23(10-11-24)12-13-26-19-7-2-6-18(22)15-19/h1-2,4-7,14-15H,3,8-13H2. The van der Waals surface area contributed by atoms with E-state index in [2.05, 4.69) is 4.90 Å². The molecular weight excluding hydrogens is 338 g/mol. The second-order valence-corrected chi connectivity index (χ2v) is 6.30. The molecule has 4 nitrogen and oxygen atoms in total. The van der Waals surface area contributed by atoms with Crippen LogP contribution in [0.2, 0.25) is 0 Å². The molecule has 0 aromatic heterocycles. The fourth-order valence-corrected chi connectivity index (χ4v) is 3.05. The van der Waals surface area contributed by atoms with Gasteiger partial charge in [-0.1, -0.05) is 12.1 Å². The van der Waals surface area contributed by atoms with Gasteiger partial charge in [0.05, 0.1) is 0 Å². The highest BCUT2D eigenvalue weighted by Gasteiger charge is 2.20. The molecule has 2 aromatic rings. The molecule has 1 amide bonds. The van der Waals surface area contributed by atoms with Crippen LogP contribution in [0.4, 0.5) is 8.78 Å². The number of halogens is 2. The Hall–Kier alpha value is -2.47. The molecule has 0 bridgehead atoms. The number of carbonyl (C=O) groups is 1. The first-order valence-electron chi connectivity index (χ1n) is 8.77. The molecular formula is C20H22F2N2O2. The molecule has 0 atom stereocenters. The maximum absolute atomic E-state index is 13.3. The van der Waals surface area contributed by atoms with E-state index in [0.29, 0.717) is 37.6 Å². The Bertz CT molecular complexity index is 754. The minimum atomic E-state index is -0.401. The second-order valence-electron chi connectivity index (χ2n) is 6.30. The molecule has 1 aliphatic heterocycles. The van der Waals surface area contributed by atoms with Crippen LogP contribution in [0.15, 0.2) is 48.5 Å². The van der Waals surface area contributed by atoms with Crippen molar-refractivity contribution in [3.8, 4) is 5.75 Å².